The van der Waals surface area contributed by atoms with Gasteiger partial charge in [-0.25, -0.2) is 0 Å². The Morgan fingerprint density at radius 1 is 1.38 bits per heavy atom. The van der Waals surface area contributed by atoms with E-state index < -0.39 is 4.92 Å². The van der Waals surface area contributed by atoms with Crippen LogP contribution >= 0.6 is 0 Å². The third-order valence-electron chi connectivity index (χ3n) is 2.68. The summed E-state index contributed by atoms with van der Waals surface area (Å²) in [6, 6.07) is 7.85. The molecule has 2 N–H and O–H groups in total. The van der Waals surface area contributed by atoms with Gasteiger partial charge < -0.3 is 15.2 Å². The number of carbonyl (C=O) groups is 1. The van der Waals surface area contributed by atoms with Gasteiger partial charge in [-0.2, -0.15) is 0 Å². The molecule has 1 aromatic heterocycles. The molecular weight excluding hydrogens is 276 g/mol. The Morgan fingerprint density at radius 3 is 2.81 bits per heavy atom. The van der Waals surface area contributed by atoms with Gasteiger partial charge in [-0.05, 0) is 13.0 Å². The summed E-state index contributed by atoms with van der Waals surface area (Å²) >= 11 is 0. The van der Waals surface area contributed by atoms with Crippen LogP contribution in [0.4, 0.5) is 11.4 Å². The minimum Gasteiger partial charge on any atom is -0.378 e. The van der Waals surface area contributed by atoms with Gasteiger partial charge in [-0.1, -0.05) is 17.3 Å². The van der Waals surface area contributed by atoms with Crippen LogP contribution in [0.15, 0.2) is 34.9 Å². The van der Waals surface area contributed by atoms with Gasteiger partial charge in [0.05, 0.1) is 10.6 Å². The molecule has 0 bridgehead atoms. The Bertz CT molecular complexity index is 653. The fourth-order valence-electron chi connectivity index (χ4n) is 1.71. The molecule has 0 radical (unpaired) electrons. The number of aromatic nitrogens is 1. The van der Waals surface area contributed by atoms with Gasteiger partial charge in [0.1, 0.15) is 5.69 Å². The van der Waals surface area contributed by atoms with E-state index in [1.165, 1.54) is 12.1 Å². The van der Waals surface area contributed by atoms with Crippen molar-refractivity contribution in [3.8, 4) is 0 Å². The molecule has 0 atom stereocenters. The van der Waals surface area contributed by atoms with Gasteiger partial charge >= 0.3 is 0 Å². The van der Waals surface area contributed by atoms with Crippen LogP contribution < -0.4 is 10.6 Å². The van der Waals surface area contributed by atoms with Crippen LogP contribution in [0.2, 0.25) is 0 Å². The number of nitrogens with zero attached hydrogens (tertiary/aromatic N) is 2. The number of rotatable bonds is 6. The minimum atomic E-state index is -0.460. The van der Waals surface area contributed by atoms with E-state index in [0.29, 0.717) is 24.5 Å². The lowest BCUT2D eigenvalue weighted by Gasteiger charge is -2.07. The Labute approximate surface area is 120 Å². The van der Waals surface area contributed by atoms with Gasteiger partial charge in [-0.3, -0.25) is 14.9 Å². The molecule has 2 aromatic rings. The highest BCUT2D eigenvalue weighted by Crippen LogP contribution is 2.22. The van der Waals surface area contributed by atoms with Crippen molar-refractivity contribution in [3.63, 3.8) is 0 Å². The van der Waals surface area contributed by atoms with Crippen LogP contribution in [-0.4, -0.2) is 29.1 Å². The first-order valence-electron chi connectivity index (χ1n) is 6.26. The summed E-state index contributed by atoms with van der Waals surface area (Å²) in [6.07, 6.45) is 0. The van der Waals surface area contributed by atoms with Crippen LogP contribution in [0.3, 0.4) is 0 Å². The quantitative estimate of drug-likeness (QED) is 0.476. The molecule has 0 spiro atoms. The Balaban J connectivity index is 1.83. The molecular formula is C13H14N4O4. The van der Waals surface area contributed by atoms with Crippen LogP contribution in [0.5, 0.6) is 0 Å². The lowest BCUT2D eigenvalue weighted by molar-refractivity contribution is -0.384. The van der Waals surface area contributed by atoms with Crippen molar-refractivity contribution in [2.45, 2.75) is 6.92 Å². The number of nitrogens with one attached hydrogen (secondary N) is 2. The average Bonchev–Trinajstić information content (AvgIpc) is 2.90. The molecule has 1 amide bonds. The van der Waals surface area contributed by atoms with Gasteiger partial charge in [0.15, 0.2) is 0 Å². The number of aryl methyl sites for hydroxylation is 1. The minimum absolute atomic E-state index is 0.00492. The molecule has 110 valence electrons. The summed E-state index contributed by atoms with van der Waals surface area (Å²) in [5.74, 6) is -0.238. The molecule has 8 heteroatoms. The first-order valence-corrected chi connectivity index (χ1v) is 6.26. The fraction of sp³-hybridized carbons (Fsp3) is 0.231. The molecule has 0 aliphatic heterocycles. The highest BCUT2D eigenvalue weighted by molar-refractivity contribution is 5.91. The molecule has 0 saturated carbocycles. The number of benzene rings is 1. The maximum absolute atomic E-state index is 11.7. The van der Waals surface area contributed by atoms with E-state index >= 15 is 0 Å². The smallest absolute Gasteiger partial charge is 0.292 e. The largest absolute Gasteiger partial charge is 0.378 e. The van der Waals surface area contributed by atoms with Gasteiger partial charge in [0.2, 0.25) is 5.76 Å². The number of anilines is 1. The second-order valence-electron chi connectivity index (χ2n) is 4.29. The molecule has 0 fully saturated rings. The van der Waals surface area contributed by atoms with Crippen LogP contribution in [0, 0.1) is 17.0 Å². The van der Waals surface area contributed by atoms with E-state index in [2.05, 4.69) is 15.8 Å². The summed E-state index contributed by atoms with van der Waals surface area (Å²) in [5.41, 5.74) is 1.03. The predicted molar refractivity (Wildman–Crippen MR) is 75.2 cm³/mol. The summed E-state index contributed by atoms with van der Waals surface area (Å²) in [6.45, 7) is 2.37. The van der Waals surface area contributed by atoms with Crippen LogP contribution in [0.25, 0.3) is 0 Å². The summed E-state index contributed by atoms with van der Waals surface area (Å²) in [4.78, 5) is 22.0. The Morgan fingerprint density at radius 2 is 2.14 bits per heavy atom. The van der Waals surface area contributed by atoms with E-state index in [1.54, 1.807) is 25.1 Å². The number of hydrogen-bond donors (Lipinski definition) is 2. The molecule has 21 heavy (non-hydrogen) atoms. The van der Waals surface area contributed by atoms with E-state index in [4.69, 9.17) is 4.52 Å². The van der Waals surface area contributed by atoms with Gasteiger partial charge in [0.25, 0.3) is 11.6 Å². The number of amides is 1. The summed E-state index contributed by atoms with van der Waals surface area (Å²) in [7, 11) is 0. The van der Waals surface area contributed by atoms with Gasteiger partial charge in [0, 0.05) is 25.2 Å². The lowest BCUT2D eigenvalue weighted by Crippen LogP contribution is -2.28. The maximum Gasteiger partial charge on any atom is 0.292 e. The zero-order chi connectivity index (χ0) is 15.2. The maximum atomic E-state index is 11.7. The third kappa shape index (κ3) is 3.78. The van der Waals surface area contributed by atoms with Crippen molar-refractivity contribution in [3.05, 3.63) is 51.9 Å². The number of nitro groups is 1. The molecule has 0 aliphatic rings. The number of para-hydroxylation sites is 2. The molecule has 8 nitrogen and oxygen atoms in total. The number of nitro benzene ring substituents is 1. The van der Waals surface area contributed by atoms with E-state index in [0.717, 1.165) is 0 Å². The van der Waals surface area contributed by atoms with Crippen molar-refractivity contribution in [2.24, 2.45) is 0 Å². The van der Waals surface area contributed by atoms with Gasteiger partial charge in [-0.15, -0.1) is 0 Å². The molecule has 0 saturated heterocycles. The van der Waals surface area contributed by atoms with Crippen molar-refractivity contribution in [2.75, 3.05) is 18.4 Å². The SMILES string of the molecule is Cc1cc(C(=O)NCCNc2ccccc2[N+](=O)[O-])on1. The molecule has 0 unspecified atom stereocenters. The predicted octanol–water partition coefficient (Wildman–Crippen LogP) is 1.73. The van der Waals surface area contributed by atoms with Crippen molar-refractivity contribution in [1.82, 2.24) is 10.5 Å². The fourth-order valence-corrected chi connectivity index (χ4v) is 1.71. The standard InChI is InChI=1S/C13H14N4O4/c1-9-8-12(21-16-9)13(18)15-7-6-14-10-4-2-3-5-11(10)17(19)20/h2-5,8,14H,6-7H2,1H3,(H,15,18). The normalized spacial score (nSPS) is 10.1. The first kappa shape index (κ1) is 14.5. The third-order valence-corrected chi connectivity index (χ3v) is 2.68. The molecule has 0 aliphatic carbocycles. The zero-order valence-electron chi connectivity index (χ0n) is 11.3. The number of carbonyl (C=O) groups excluding carboxylic acids is 1. The Hall–Kier alpha value is -2.90. The van der Waals surface area contributed by atoms with Crippen molar-refractivity contribution >= 4 is 17.3 Å². The number of hydrogen-bond acceptors (Lipinski definition) is 6. The second kappa shape index (κ2) is 6.51. The molecule has 1 heterocycles. The molecule has 1 aromatic carbocycles. The van der Waals surface area contributed by atoms with Crippen molar-refractivity contribution in [1.29, 1.82) is 0 Å². The van der Waals surface area contributed by atoms with E-state index in [1.807, 2.05) is 0 Å². The molecule has 2 rings (SSSR count). The highest BCUT2D eigenvalue weighted by atomic mass is 16.6. The second-order valence-corrected chi connectivity index (χ2v) is 4.29. The summed E-state index contributed by atoms with van der Waals surface area (Å²) in [5, 5.41) is 20.0. The van der Waals surface area contributed by atoms with Crippen LogP contribution in [0.1, 0.15) is 16.2 Å². The first-order chi connectivity index (χ1) is 10.1. The highest BCUT2D eigenvalue weighted by Gasteiger charge is 2.12. The monoisotopic (exact) mass is 290 g/mol. The average molecular weight is 290 g/mol. The van der Waals surface area contributed by atoms with E-state index in [-0.39, 0.29) is 17.4 Å². The lowest BCUT2D eigenvalue weighted by atomic mass is 10.2. The Kier molecular flexibility index (Phi) is 4.50. The van der Waals surface area contributed by atoms with Crippen LogP contribution in [-0.2, 0) is 0 Å². The van der Waals surface area contributed by atoms with E-state index in [9.17, 15) is 14.9 Å². The summed E-state index contributed by atoms with van der Waals surface area (Å²) < 4.78 is 4.82. The van der Waals surface area contributed by atoms with Crippen molar-refractivity contribution < 1.29 is 14.2 Å². The zero-order valence-corrected chi connectivity index (χ0v) is 11.3. The topological polar surface area (TPSA) is 110 Å².